The van der Waals surface area contributed by atoms with Crippen LogP contribution in [-0.4, -0.2) is 30.1 Å². The van der Waals surface area contributed by atoms with Crippen LogP contribution in [0.1, 0.15) is 28.4 Å². The Balaban J connectivity index is 1.82. The minimum Gasteiger partial charge on any atom is -0.281 e. The van der Waals surface area contributed by atoms with E-state index >= 15 is 0 Å². The molecule has 0 saturated carbocycles. The van der Waals surface area contributed by atoms with Gasteiger partial charge in [-0.2, -0.15) is 5.10 Å². The van der Waals surface area contributed by atoms with Gasteiger partial charge in [0.1, 0.15) is 4.90 Å². The number of aromatic amines is 1. The molecule has 0 aliphatic rings. The molecule has 136 valence electrons. The lowest BCUT2D eigenvalue weighted by atomic mass is 9.93. The molecule has 0 aliphatic carbocycles. The number of pyridine rings is 1. The van der Waals surface area contributed by atoms with Gasteiger partial charge in [0, 0.05) is 24.9 Å². The molecule has 0 saturated heterocycles. The molecule has 26 heavy (non-hydrogen) atoms. The quantitative estimate of drug-likeness (QED) is 0.669. The van der Waals surface area contributed by atoms with Gasteiger partial charge in [0.25, 0.3) is 0 Å². The Morgan fingerprint density at radius 2 is 1.88 bits per heavy atom. The van der Waals surface area contributed by atoms with Crippen molar-refractivity contribution in [2.75, 3.05) is 6.54 Å². The first kappa shape index (κ1) is 18.3. The van der Waals surface area contributed by atoms with E-state index in [0.717, 1.165) is 11.1 Å². The molecule has 1 unspecified atom stereocenters. The molecule has 0 bridgehead atoms. The molecular weight excluding hydrogens is 348 g/mol. The maximum atomic E-state index is 12.7. The Labute approximate surface area is 153 Å². The van der Waals surface area contributed by atoms with E-state index in [-0.39, 0.29) is 10.8 Å². The summed E-state index contributed by atoms with van der Waals surface area (Å²) < 4.78 is 28.2. The number of sulfonamides is 1. The van der Waals surface area contributed by atoms with Crippen LogP contribution in [0.2, 0.25) is 0 Å². The number of hydrogen-bond acceptors (Lipinski definition) is 4. The fourth-order valence-corrected chi connectivity index (χ4v) is 4.50. The van der Waals surface area contributed by atoms with Crippen molar-refractivity contribution >= 4 is 10.0 Å². The molecule has 0 spiro atoms. The second kappa shape index (κ2) is 7.80. The molecule has 3 aromatic rings. The number of benzene rings is 1. The first-order valence-corrected chi connectivity index (χ1v) is 9.91. The standard InChI is InChI=1S/C19H22N4O2S/c1-14-19(15(2)23-22-14)26(24,25)21-13-18(17-8-4-3-5-9-17)11-16-7-6-10-20-12-16/h3-10,12,18,21H,11,13H2,1-2H3,(H,22,23). The Bertz CT molecular complexity index is 934. The Kier molecular flexibility index (Phi) is 5.49. The lowest BCUT2D eigenvalue weighted by Gasteiger charge is -2.18. The monoisotopic (exact) mass is 370 g/mol. The highest BCUT2D eigenvalue weighted by Gasteiger charge is 2.24. The molecular formula is C19H22N4O2S. The molecule has 6 nitrogen and oxygen atoms in total. The summed E-state index contributed by atoms with van der Waals surface area (Å²) in [5.41, 5.74) is 3.16. The highest BCUT2D eigenvalue weighted by molar-refractivity contribution is 7.89. The van der Waals surface area contributed by atoms with Crippen LogP contribution in [-0.2, 0) is 16.4 Å². The molecule has 2 N–H and O–H groups in total. The van der Waals surface area contributed by atoms with Gasteiger partial charge in [-0.1, -0.05) is 36.4 Å². The van der Waals surface area contributed by atoms with Gasteiger partial charge < -0.3 is 0 Å². The first-order valence-electron chi connectivity index (χ1n) is 8.42. The molecule has 3 rings (SSSR count). The van der Waals surface area contributed by atoms with Crippen LogP contribution in [0.15, 0.2) is 59.8 Å². The van der Waals surface area contributed by atoms with Crippen molar-refractivity contribution in [3.63, 3.8) is 0 Å². The van der Waals surface area contributed by atoms with Crippen LogP contribution in [0.25, 0.3) is 0 Å². The third-order valence-corrected chi connectivity index (χ3v) is 6.01. The minimum atomic E-state index is -3.63. The van der Waals surface area contributed by atoms with Crippen LogP contribution in [0.5, 0.6) is 0 Å². The minimum absolute atomic E-state index is 0.00249. The van der Waals surface area contributed by atoms with Gasteiger partial charge in [0.2, 0.25) is 10.0 Å². The van der Waals surface area contributed by atoms with Crippen LogP contribution in [0.4, 0.5) is 0 Å². The topological polar surface area (TPSA) is 87.7 Å². The molecule has 0 amide bonds. The largest absolute Gasteiger partial charge is 0.281 e. The van der Waals surface area contributed by atoms with Crippen molar-refractivity contribution in [2.24, 2.45) is 0 Å². The number of aromatic nitrogens is 3. The van der Waals surface area contributed by atoms with Crippen LogP contribution >= 0.6 is 0 Å². The van der Waals surface area contributed by atoms with Gasteiger partial charge in [-0.3, -0.25) is 10.1 Å². The lowest BCUT2D eigenvalue weighted by molar-refractivity contribution is 0.567. The van der Waals surface area contributed by atoms with Crippen molar-refractivity contribution in [3.05, 3.63) is 77.4 Å². The average molecular weight is 370 g/mol. The van der Waals surface area contributed by atoms with Crippen LogP contribution < -0.4 is 4.72 Å². The third-order valence-electron chi connectivity index (χ3n) is 4.32. The van der Waals surface area contributed by atoms with Crippen molar-refractivity contribution < 1.29 is 8.42 Å². The normalized spacial score (nSPS) is 12.8. The Morgan fingerprint density at radius 3 is 2.50 bits per heavy atom. The van der Waals surface area contributed by atoms with Gasteiger partial charge in [-0.25, -0.2) is 13.1 Å². The summed E-state index contributed by atoms with van der Waals surface area (Å²) in [7, 11) is -3.63. The smallest absolute Gasteiger partial charge is 0.244 e. The summed E-state index contributed by atoms with van der Waals surface area (Å²) in [6, 6.07) is 13.8. The molecule has 2 heterocycles. The van der Waals surface area contributed by atoms with E-state index in [1.807, 2.05) is 48.7 Å². The zero-order chi connectivity index (χ0) is 18.6. The summed E-state index contributed by atoms with van der Waals surface area (Å²) in [5, 5.41) is 6.71. The first-order chi connectivity index (χ1) is 12.5. The van der Waals surface area contributed by atoms with Gasteiger partial charge in [0.05, 0.1) is 11.4 Å². The molecule has 1 atom stereocenters. The SMILES string of the molecule is Cc1n[nH]c(C)c1S(=O)(=O)NCC(Cc1cccnc1)c1ccccc1. The Hall–Kier alpha value is -2.51. The maximum Gasteiger partial charge on any atom is 0.244 e. The predicted octanol–water partition coefficient (Wildman–Crippen LogP) is 2.73. The van der Waals surface area contributed by atoms with Gasteiger partial charge >= 0.3 is 0 Å². The molecule has 0 fully saturated rings. The van der Waals surface area contributed by atoms with E-state index in [1.165, 1.54) is 0 Å². The number of hydrogen-bond donors (Lipinski definition) is 2. The highest BCUT2D eigenvalue weighted by Crippen LogP contribution is 2.22. The summed E-state index contributed by atoms with van der Waals surface area (Å²) >= 11 is 0. The maximum absolute atomic E-state index is 12.7. The average Bonchev–Trinajstić information content (AvgIpc) is 2.99. The lowest BCUT2D eigenvalue weighted by Crippen LogP contribution is -2.30. The molecule has 2 aromatic heterocycles. The van der Waals surface area contributed by atoms with Gasteiger partial charge in [0.15, 0.2) is 0 Å². The van der Waals surface area contributed by atoms with Crippen molar-refractivity contribution in [1.29, 1.82) is 0 Å². The summed E-state index contributed by atoms with van der Waals surface area (Å²) in [6.45, 7) is 3.69. The molecule has 0 aliphatic heterocycles. The molecule has 1 aromatic carbocycles. The fraction of sp³-hybridized carbons (Fsp3) is 0.263. The number of aryl methyl sites for hydroxylation is 2. The van der Waals surface area contributed by atoms with Gasteiger partial charge in [-0.05, 0) is 37.5 Å². The van der Waals surface area contributed by atoms with Crippen molar-refractivity contribution in [1.82, 2.24) is 19.9 Å². The van der Waals surface area contributed by atoms with Crippen LogP contribution in [0.3, 0.4) is 0 Å². The zero-order valence-corrected chi connectivity index (χ0v) is 15.6. The summed E-state index contributed by atoms with van der Waals surface area (Å²) in [4.78, 5) is 4.38. The zero-order valence-electron chi connectivity index (χ0n) is 14.8. The number of nitrogens with one attached hydrogen (secondary N) is 2. The fourth-order valence-electron chi connectivity index (χ4n) is 3.06. The predicted molar refractivity (Wildman–Crippen MR) is 100 cm³/mol. The molecule has 7 heteroatoms. The summed E-state index contributed by atoms with van der Waals surface area (Å²) in [5.74, 6) is 0.00249. The van der Waals surface area contributed by atoms with E-state index in [2.05, 4.69) is 19.9 Å². The Morgan fingerprint density at radius 1 is 1.12 bits per heavy atom. The van der Waals surface area contributed by atoms with E-state index in [0.29, 0.717) is 24.4 Å². The highest BCUT2D eigenvalue weighted by atomic mass is 32.2. The van der Waals surface area contributed by atoms with E-state index in [4.69, 9.17) is 0 Å². The second-order valence-corrected chi connectivity index (χ2v) is 7.99. The van der Waals surface area contributed by atoms with Crippen molar-refractivity contribution in [2.45, 2.75) is 31.1 Å². The number of nitrogens with zero attached hydrogens (tertiary/aromatic N) is 2. The van der Waals surface area contributed by atoms with Crippen molar-refractivity contribution in [3.8, 4) is 0 Å². The number of H-pyrrole nitrogens is 1. The third kappa shape index (κ3) is 4.17. The van der Waals surface area contributed by atoms with Gasteiger partial charge in [-0.15, -0.1) is 0 Å². The summed E-state index contributed by atoms with van der Waals surface area (Å²) in [6.07, 6.45) is 4.24. The van der Waals surface area contributed by atoms with Crippen LogP contribution in [0, 0.1) is 13.8 Å². The van der Waals surface area contributed by atoms with E-state index in [1.54, 1.807) is 20.0 Å². The molecule has 0 radical (unpaired) electrons. The van der Waals surface area contributed by atoms with E-state index in [9.17, 15) is 8.42 Å². The van der Waals surface area contributed by atoms with E-state index < -0.39 is 10.0 Å². The number of rotatable bonds is 7. The second-order valence-electron chi connectivity index (χ2n) is 6.29.